The number of hydrogen-bond acceptors (Lipinski definition) is 10. The van der Waals surface area contributed by atoms with E-state index in [1.165, 1.54) is 106 Å². The Morgan fingerprint density at radius 2 is 1.28 bits per heavy atom. The predicted octanol–water partition coefficient (Wildman–Crippen LogP) is 18.5. The first kappa shape index (κ1) is 72.5. The fraction of sp³-hybridized carbons (Fsp3) is 0.515. The second-order valence-electron chi connectivity index (χ2n) is 20.9. The van der Waals surface area contributed by atoms with E-state index in [1.807, 2.05) is 52.8 Å². The monoisotopic (exact) mass is 1090 g/mol. The van der Waals surface area contributed by atoms with Gasteiger partial charge in [-0.3, -0.25) is 14.5 Å². The van der Waals surface area contributed by atoms with Gasteiger partial charge in [0.25, 0.3) is 11.8 Å². The number of esters is 1. The molecule has 1 unspecified atom stereocenters. The van der Waals surface area contributed by atoms with Crippen molar-refractivity contribution >= 4 is 52.4 Å². The lowest BCUT2D eigenvalue weighted by molar-refractivity contribution is -0.117. The minimum absolute atomic E-state index is 0.0361. The van der Waals surface area contributed by atoms with E-state index < -0.39 is 11.6 Å². The first-order valence-corrected chi connectivity index (χ1v) is 29.2. The maximum atomic E-state index is 12.6. The molecule has 2 amide bonds. The van der Waals surface area contributed by atoms with E-state index in [9.17, 15) is 24.0 Å². The highest BCUT2D eigenvalue weighted by atomic mass is 16.6. The van der Waals surface area contributed by atoms with E-state index in [0.29, 0.717) is 53.3 Å². The number of cyclic esters (lactones) is 1. The number of allylic oxidation sites excluding steroid dienone is 3. The number of nitrogens with two attached hydrogens (primary N) is 1. The molecule has 11 nitrogen and oxygen atoms in total. The van der Waals surface area contributed by atoms with Gasteiger partial charge in [-0.25, -0.2) is 9.78 Å². The van der Waals surface area contributed by atoms with Crippen LogP contribution in [0.1, 0.15) is 260 Å². The van der Waals surface area contributed by atoms with E-state index in [2.05, 4.69) is 114 Å². The number of imide groups is 1. The quantitative estimate of drug-likeness (QED) is 0.0355. The number of anilines is 3. The number of fused-ring (bicyclic) bond motifs is 2. The SMILES string of the molecule is C/C=C(\C)CCCC.C=C(C)C(CCC(C)=O)N1C(=O)c2cccc(C)c2C1=O.C=C(C)c1cnc(Nc2ccc3c(c2)C(C)(C)OC3=O)nc1N.CCC(C)=O.CCCCCCC.CCCCCCC.CCc1ccccc1. The highest BCUT2D eigenvalue weighted by Crippen LogP contribution is 2.38. The summed E-state index contributed by atoms with van der Waals surface area (Å²) >= 11 is 0. The summed E-state index contributed by atoms with van der Waals surface area (Å²) in [5, 5.41) is 3.09. The van der Waals surface area contributed by atoms with Crippen LogP contribution in [0.25, 0.3) is 5.57 Å². The number of carbonyl (C=O) groups excluding carboxylic acids is 5. The molecule has 0 radical (unpaired) electrons. The Bertz CT molecular complexity index is 2510. The van der Waals surface area contributed by atoms with Crippen LogP contribution in [0.5, 0.6) is 0 Å². The Hall–Kier alpha value is -6.49. The summed E-state index contributed by atoms with van der Waals surface area (Å²) in [6.07, 6.45) is 24.3. The van der Waals surface area contributed by atoms with Crippen molar-refractivity contribution in [1.29, 1.82) is 0 Å². The first-order chi connectivity index (χ1) is 37.5. The normalized spacial score (nSPS) is 12.7. The molecule has 3 aromatic carbocycles. The first-order valence-electron chi connectivity index (χ1n) is 29.2. The van der Waals surface area contributed by atoms with Gasteiger partial charge in [-0.1, -0.05) is 192 Å². The maximum Gasteiger partial charge on any atom is 0.339 e. The topological polar surface area (TPSA) is 162 Å². The third-order valence-corrected chi connectivity index (χ3v) is 13.2. The summed E-state index contributed by atoms with van der Waals surface area (Å²) in [5.74, 6) is 0.160. The third-order valence-electron chi connectivity index (χ3n) is 13.2. The smallest absolute Gasteiger partial charge is 0.339 e. The van der Waals surface area contributed by atoms with Gasteiger partial charge in [0.1, 0.15) is 23.0 Å². The van der Waals surface area contributed by atoms with Crippen molar-refractivity contribution in [3.05, 3.63) is 142 Å². The number of ketones is 2. The molecule has 2 aliphatic rings. The fourth-order valence-electron chi connectivity index (χ4n) is 7.91. The average molecular weight is 1090 g/mol. The Balaban J connectivity index is 0.000000981. The summed E-state index contributed by atoms with van der Waals surface area (Å²) in [6.45, 7) is 39.5. The van der Waals surface area contributed by atoms with Gasteiger partial charge in [-0.2, -0.15) is 4.98 Å². The fourth-order valence-corrected chi connectivity index (χ4v) is 7.91. The Morgan fingerprint density at radius 3 is 1.71 bits per heavy atom. The molecular formula is C68H103N5O6. The van der Waals surface area contributed by atoms with Gasteiger partial charge >= 0.3 is 5.97 Å². The van der Waals surface area contributed by atoms with E-state index >= 15 is 0 Å². The van der Waals surface area contributed by atoms with Gasteiger partial charge in [-0.05, 0) is 129 Å². The number of ether oxygens (including phenoxy) is 1. The zero-order valence-electron chi connectivity index (χ0n) is 51.9. The van der Waals surface area contributed by atoms with Gasteiger partial charge in [-0.15, -0.1) is 0 Å². The average Bonchev–Trinajstić information content (AvgIpc) is 3.92. The molecule has 1 aromatic heterocycles. The molecule has 0 fully saturated rings. The van der Waals surface area contributed by atoms with Crippen LogP contribution in [-0.4, -0.2) is 50.3 Å². The Kier molecular flexibility index (Phi) is 37.3. The zero-order chi connectivity index (χ0) is 60.1. The summed E-state index contributed by atoms with van der Waals surface area (Å²) in [5.41, 5.74) is 14.3. The van der Waals surface area contributed by atoms with Gasteiger partial charge in [0, 0.05) is 35.9 Å². The molecule has 0 saturated heterocycles. The second kappa shape index (κ2) is 40.7. The number of aryl methyl sites for hydroxylation is 2. The van der Waals surface area contributed by atoms with Crippen LogP contribution < -0.4 is 11.1 Å². The number of rotatable bonds is 21. The second-order valence-corrected chi connectivity index (χ2v) is 20.9. The van der Waals surface area contributed by atoms with Crippen LogP contribution in [0.2, 0.25) is 0 Å². The van der Waals surface area contributed by atoms with Crippen molar-refractivity contribution in [2.45, 2.75) is 232 Å². The number of carbonyl (C=O) groups is 5. The van der Waals surface area contributed by atoms with Crippen LogP contribution >= 0.6 is 0 Å². The summed E-state index contributed by atoms with van der Waals surface area (Å²) in [7, 11) is 0. The number of nitrogens with zero attached hydrogens (tertiary/aromatic N) is 3. The highest BCUT2D eigenvalue weighted by molar-refractivity contribution is 6.22. The number of unbranched alkanes of at least 4 members (excludes halogenated alkanes) is 9. The number of benzene rings is 3. The number of nitrogens with one attached hydrogen (secondary N) is 1. The standard InChI is InChI=1S/C17H18N4O2.C17H19NO3.C8H10.C8H16.2C7H16.C4H8O/c1-9(2)12-8-19-16(21-14(12)18)20-10-5-6-11-13(7-10)17(3,4)23-15(11)22;1-10(2)14(9-8-12(4)19)18-16(20)13-7-5-6-11(3)15(13)17(18)21;1-2-8-6-4-3-5-7-8;1-4-6-7-8(3)5-2;2*1-3-5-7-6-4-2;1-3-4(2)5/h5-8H,1H2,2-4H3,(H3,18,19,20,21);5-7,14H,1,8-9H2,2-4H3;3-7H,2H2,1H3;5H,4,6-7H2,1-3H3;2*3-7H2,1-2H3;3H2,1-2H3/b;;;8-5+;;;. The lowest BCUT2D eigenvalue weighted by Gasteiger charge is -2.26. The van der Waals surface area contributed by atoms with Crippen LogP contribution in [0.3, 0.4) is 0 Å². The van der Waals surface area contributed by atoms with Crippen molar-refractivity contribution in [2.75, 3.05) is 11.1 Å². The van der Waals surface area contributed by atoms with Crippen molar-refractivity contribution in [2.24, 2.45) is 0 Å². The molecule has 1 atom stereocenters. The number of hydrogen-bond donors (Lipinski definition) is 2. The molecule has 4 aromatic rings. The highest BCUT2D eigenvalue weighted by Gasteiger charge is 2.41. The predicted molar refractivity (Wildman–Crippen MR) is 334 cm³/mol. The van der Waals surface area contributed by atoms with Gasteiger partial charge in [0.15, 0.2) is 0 Å². The van der Waals surface area contributed by atoms with E-state index in [0.717, 1.165) is 34.4 Å². The molecular weight excluding hydrogens is 983 g/mol. The van der Waals surface area contributed by atoms with Crippen LogP contribution in [-0.2, 0) is 26.3 Å². The van der Waals surface area contributed by atoms with Gasteiger partial charge < -0.3 is 25.4 Å². The molecule has 6 rings (SSSR count). The summed E-state index contributed by atoms with van der Waals surface area (Å²) in [4.78, 5) is 67.7. The molecule has 11 heteroatoms. The molecule has 0 saturated carbocycles. The van der Waals surface area contributed by atoms with Crippen LogP contribution in [0.4, 0.5) is 17.5 Å². The van der Waals surface area contributed by atoms with Crippen LogP contribution in [0, 0.1) is 6.92 Å². The molecule has 0 bridgehead atoms. The molecule has 2 aliphatic heterocycles. The zero-order valence-corrected chi connectivity index (χ0v) is 51.9. The van der Waals surface area contributed by atoms with Crippen molar-refractivity contribution in [3.8, 4) is 0 Å². The van der Waals surface area contributed by atoms with E-state index in [4.69, 9.17) is 10.5 Å². The van der Waals surface area contributed by atoms with Crippen molar-refractivity contribution < 1.29 is 28.7 Å². The van der Waals surface area contributed by atoms with E-state index in [-0.39, 0.29) is 29.4 Å². The van der Waals surface area contributed by atoms with Gasteiger partial charge in [0.2, 0.25) is 5.95 Å². The number of Topliss-reactive ketones (excluding diaryl/α,β-unsaturated/α-hetero) is 2. The minimum Gasteiger partial charge on any atom is -0.451 e. The molecule has 3 N–H and O–H groups in total. The largest absolute Gasteiger partial charge is 0.451 e. The van der Waals surface area contributed by atoms with Crippen LogP contribution in [0.15, 0.2) is 103 Å². The van der Waals surface area contributed by atoms with E-state index in [1.54, 1.807) is 44.3 Å². The molecule has 0 spiro atoms. The molecule has 79 heavy (non-hydrogen) atoms. The van der Waals surface area contributed by atoms with Crippen molar-refractivity contribution in [3.63, 3.8) is 0 Å². The Morgan fingerprint density at radius 1 is 0.722 bits per heavy atom. The lowest BCUT2D eigenvalue weighted by Crippen LogP contribution is -2.40. The summed E-state index contributed by atoms with van der Waals surface area (Å²) < 4.78 is 5.36. The number of amides is 2. The number of nitrogen functional groups attached to an aromatic ring is 1. The molecule has 3 heterocycles. The van der Waals surface area contributed by atoms with Crippen molar-refractivity contribution in [1.82, 2.24) is 14.9 Å². The Labute approximate surface area is 478 Å². The summed E-state index contributed by atoms with van der Waals surface area (Å²) in [6, 6.07) is 20.7. The third kappa shape index (κ3) is 27.8. The molecule has 436 valence electrons. The number of aromatic nitrogens is 2. The molecule has 0 aliphatic carbocycles. The minimum atomic E-state index is -0.645. The maximum absolute atomic E-state index is 12.6. The lowest BCUT2D eigenvalue weighted by atomic mass is 9.95. The van der Waals surface area contributed by atoms with Gasteiger partial charge in [0.05, 0.1) is 22.7 Å².